The van der Waals surface area contributed by atoms with E-state index < -0.39 is 5.79 Å². The summed E-state index contributed by atoms with van der Waals surface area (Å²) in [5.74, 6) is 0.591. The van der Waals surface area contributed by atoms with Gasteiger partial charge in [-0.2, -0.15) is 0 Å². The van der Waals surface area contributed by atoms with E-state index in [0.717, 1.165) is 53.1 Å². The Morgan fingerprint density at radius 2 is 0.911 bits per heavy atom. The number of rotatable bonds is 8. The van der Waals surface area contributed by atoms with E-state index in [1.54, 1.807) is 52.7 Å². The molecule has 0 aliphatic heterocycles. The van der Waals surface area contributed by atoms with Crippen LogP contribution >= 0.6 is 31.9 Å². The van der Waals surface area contributed by atoms with Gasteiger partial charge < -0.3 is 18.9 Å². The van der Waals surface area contributed by atoms with Crippen LogP contribution in [0.25, 0.3) is 21.5 Å². The molecule has 0 heterocycles. The molecule has 0 radical (unpaired) electrons. The van der Waals surface area contributed by atoms with Crippen molar-refractivity contribution in [2.75, 3.05) is 28.4 Å². The highest BCUT2D eigenvalue weighted by atomic mass is 79.9. The molecule has 6 rings (SSSR count). The lowest BCUT2D eigenvalue weighted by molar-refractivity contribution is -0.183. The molecule has 0 aliphatic rings. The van der Waals surface area contributed by atoms with Crippen molar-refractivity contribution in [1.82, 2.24) is 0 Å². The summed E-state index contributed by atoms with van der Waals surface area (Å²) in [7, 11) is 6.56. The summed E-state index contributed by atoms with van der Waals surface area (Å²) in [5.41, 5.74) is 3.19. The Hall–Kier alpha value is -4.01. The molecule has 5 nitrogen and oxygen atoms in total. The van der Waals surface area contributed by atoms with Crippen molar-refractivity contribution in [1.29, 1.82) is 0 Å². The quantitative estimate of drug-likeness (QED) is 0.115. The van der Waals surface area contributed by atoms with Crippen LogP contribution in [-0.4, -0.2) is 34.2 Å². The third kappa shape index (κ3) is 7.13. The first kappa shape index (κ1) is 32.4. The summed E-state index contributed by atoms with van der Waals surface area (Å²) in [5, 5.41) is 4.44. The Kier molecular flexibility index (Phi) is 10.4. The number of ketones is 1. The standard InChI is InChI=1S/C20H19BrO3.C18H13BrO2/c1-22-19-10-7-16(8-11-19)20(23-2,24-3)17-6-4-15-13-18(21)9-5-14(15)12-17;1-21-17-8-5-12(6-9-17)18(20)15-3-2-14-11-16(19)7-4-13(14)10-15/h4-13H,1-3H3;2-11H,1H3. The number of carbonyl (C=O) groups excluding carboxylic acids is 1. The highest BCUT2D eigenvalue weighted by Gasteiger charge is 2.34. The fraction of sp³-hybridized carbons (Fsp3) is 0.132. The van der Waals surface area contributed by atoms with Crippen LogP contribution in [0.15, 0.2) is 130 Å². The van der Waals surface area contributed by atoms with Gasteiger partial charge in [0.25, 0.3) is 0 Å². The monoisotopic (exact) mass is 726 g/mol. The van der Waals surface area contributed by atoms with Gasteiger partial charge in [-0.05, 0) is 106 Å². The van der Waals surface area contributed by atoms with Crippen LogP contribution in [0.4, 0.5) is 0 Å². The summed E-state index contributed by atoms with van der Waals surface area (Å²) in [6.07, 6.45) is 0. The largest absolute Gasteiger partial charge is 0.497 e. The fourth-order valence-electron chi connectivity index (χ4n) is 5.22. The molecule has 6 aromatic rings. The molecule has 0 aliphatic carbocycles. The molecule has 0 bridgehead atoms. The second kappa shape index (κ2) is 14.4. The summed E-state index contributed by atoms with van der Waals surface area (Å²) < 4.78 is 24.1. The number of halogens is 2. The number of hydrogen-bond acceptors (Lipinski definition) is 5. The first-order chi connectivity index (χ1) is 21.8. The Balaban J connectivity index is 0.000000179. The third-order valence-corrected chi connectivity index (χ3v) is 8.63. The summed E-state index contributed by atoms with van der Waals surface area (Å²) >= 11 is 6.96. The van der Waals surface area contributed by atoms with E-state index in [4.69, 9.17) is 18.9 Å². The van der Waals surface area contributed by atoms with Gasteiger partial charge >= 0.3 is 0 Å². The van der Waals surface area contributed by atoms with Gasteiger partial charge in [0, 0.05) is 45.4 Å². The number of benzene rings is 6. The number of methoxy groups -OCH3 is 4. The Bertz CT molecular complexity index is 1930. The van der Waals surface area contributed by atoms with Crippen LogP contribution in [-0.2, 0) is 15.3 Å². The number of ether oxygens (including phenoxy) is 4. The first-order valence-electron chi connectivity index (χ1n) is 14.1. The summed E-state index contributed by atoms with van der Waals surface area (Å²) in [6.45, 7) is 0. The molecule has 0 unspecified atom stereocenters. The molecule has 0 saturated carbocycles. The van der Waals surface area contributed by atoms with Gasteiger partial charge in [-0.1, -0.05) is 68.3 Å². The number of fused-ring (bicyclic) bond motifs is 2. The van der Waals surface area contributed by atoms with Crippen LogP contribution in [0.2, 0.25) is 0 Å². The predicted molar refractivity (Wildman–Crippen MR) is 188 cm³/mol. The van der Waals surface area contributed by atoms with Crippen molar-refractivity contribution in [3.63, 3.8) is 0 Å². The molecule has 0 amide bonds. The fourth-order valence-corrected chi connectivity index (χ4v) is 5.98. The van der Waals surface area contributed by atoms with Gasteiger partial charge in [0.15, 0.2) is 5.78 Å². The molecule has 0 fully saturated rings. The van der Waals surface area contributed by atoms with E-state index >= 15 is 0 Å². The Labute approximate surface area is 280 Å². The molecule has 7 heteroatoms. The number of carbonyl (C=O) groups is 1. The molecule has 0 N–H and O–H groups in total. The van der Waals surface area contributed by atoms with Gasteiger partial charge in [0.2, 0.25) is 5.79 Å². The van der Waals surface area contributed by atoms with Crippen LogP contribution in [0.1, 0.15) is 27.0 Å². The third-order valence-electron chi connectivity index (χ3n) is 7.64. The second-order valence-electron chi connectivity index (χ2n) is 10.2. The zero-order chi connectivity index (χ0) is 32.0. The molecule has 6 aromatic carbocycles. The van der Waals surface area contributed by atoms with E-state index in [1.807, 2.05) is 72.8 Å². The Morgan fingerprint density at radius 1 is 0.489 bits per heavy atom. The maximum atomic E-state index is 12.5. The van der Waals surface area contributed by atoms with Gasteiger partial charge in [-0.15, -0.1) is 0 Å². The lowest BCUT2D eigenvalue weighted by Crippen LogP contribution is -2.32. The second-order valence-corrected chi connectivity index (χ2v) is 12.1. The minimum Gasteiger partial charge on any atom is -0.497 e. The maximum absolute atomic E-state index is 12.5. The molecule has 0 saturated heterocycles. The van der Waals surface area contributed by atoms with Crippen LogP contribution in [0, 0.1) is 0 Å². The maximum Gasteiger partial charge on any atom is 0.221 e. The van der Waals surface area contributed by atoms with Gasteiger partial charge in [-0.3, -0.25) is 4.79 Å². The van der Waals surface area contributed by atoms with Crippen molar-refractivity contribution in [3.8, 4) is 11.5 Å². The van der Waals surface area contributed by atoms with Crippen molar-refractivity contribution in [2.24, 2.45) is 0 Å². The predicted octanol–water partition coefficient (Wildman–Crippen LogP) is 9.95. The van der Waals surface area contributed by atoms with Gasteiger partial charge in [0.05, 0.1) is 14.2 Å². The number of hydrogen-bond donors (Lipinski definition) is 0. The van der Waals surface area contributed by atoms with Crippen LogP contribution in [0.3, 0.4) is 0 Å². The SMILES string of the molecule is COc1ccc(C(=O)c2ccc3cc(Br)ccc3c2)cc1.COc1ccc(C(OC)(OC)c2ccc3cc(Br)ccc3c2)cc1. The molecule has 0 spiro atoms. The van der Waals surface area contributed by atoms with Crippen molar-refractivity contribution in [3.05, 3.63) is 153 Å². The smallest absolute Gasteiger partial charge is 0.221 e. The van der Waals surface area contributed by atoms with Crippen molar-refractivity contribution >= 4 is 59.2 Å². The lowest BCUT2D eigenvalue weighted by Gasteiger charge is -2.32. The minimum atomic E-state index is -0.965. The topological polar surface area (TPSA) is 54.0 Å². The highest BCUT2D eigenvalue weighted by molar-refractivity contribution is 9.10. The molecular formula is C38H32Br2O5. The van der Waals surface area contributed by atoms with Crippen LogP contribution in [0.5, 0.6) is 11.5 Å². The van der Waals surface area contributed by atoms with Crippen molar-refractivity contribution < 1.29 is 23.7 Å². The average Bonchev–Trinajstić information content (AvgIpc) is 3.09. The molecule has 0 atom stereocenters. The van der Waals surface area contributed by atoms with Crippen LogP contribution < -0.4 is 9.47 Å². The summed E-state index contributed by atoms with van der Waals surface area (Å²) in [4.78, 5) is 12.5. The molecule has 0 aromatic heterocycles. The van der Waals surface area contributed by atoms with Crippen molar-refractivity contribution in [2.45, 2.75) is 5.79 Å². The average molecular weight is 728 g/mol. The van der Waals surface area contributed by atoms with E-state index in [9.17, 15) is 4.79 Å². The van der Waals surface area contributed by atoms with E-state index in [-0.39, 0.29) is 5.78 Å². The lowest BCUT2D eigenvalue weighted by atomic mass is 9.94. The normalized spacial score (nSPS) is 11.2. The molecule has 228 valence electrons. The first-order valence-corrected chi connectivity index (χ1v) is 15.7. The van der Waals surface area contributed by atoms with E-state index in [0.29, 0.717) is 11.1 Å². The zero-order valence-corrected chi connectivity index (χ0v) is 28.5. The van der Waals surface area contributed by atoms with E-state index in [1.165, 1.54) is 0 Å². The van der Waals surface area contributed by atoms with E-state index in [2.05, 4.69) is 56.1 Å². The molecule has 45 heavy (non-hydrogen) atoms. The Morgan fingerprint density at radius 3 is 1.44 bits per heavy atom. The highest BCUT2D eigenvalue weighted by Crippen LogP contribution is 2.36. The summed E-state index contributed by atoms with van der Waals surface area (Å²) in [6, 6.07) is 39.1. The molecular weight excluding hydrogens is 696 g/mol. The van der Waals surface area contributed by atoms with Gasteiger partial charge in [-0.25, -0.2) is 0 Å². The zero-order valence-electron chi connectivity index (χ0n) is 25.3. The van der Waals surface area contributed by atoms with Gasteiger partial charge in [0.1, 0.15) is 11.5 Å². The minimum absolute atomic E-state index is 0.0162.